The van der Waals surface area contributed by atoms with Gasteiger partial charge in [-0.3, -0.25) is 9.48 Å². The van der Waals surface area contributed by atoms with E-state index in [1.165, 1.54) is 18.5 Å². The number of aryl methyl sites for hydroxylation is 1. The first-order valence-electron chi connectivity index (χ1n) is 12.6. The third-order valence-corrected chi connectivity index (χ3v) is 6.96. The average molecular weight is 582 g/mol. The number of amides is 1. The van der Waals surface area contributed by atoms with Gasteiger partial charge in [0, 0.05) is 36.8 Å². The SMILES string of the molecule is CCn1nc(C(=O)NC[C@@H]2CC[C@@H](C)C[C@H]2O)c(Cl)c1-c1cnc(NC(C)(C)CC(F)(F)F)cc1OC(F)F. The van der Waals surface area contributed by atoms with Crippen LogP contribution in [0.3, 0.4) is 0 Å². The highest BCUT2D eigenvalue weighted by atomic mass is 35.5. The second-order valence-electron chi connectivity index (χ2n) is 10.5. The fourth-order valence-electron chi connectivity index (χ4n) is 4.80. The Bertz CT molecular complexity index is 1160. The number of halogens is 6. The van der Waals surface area contributed by atoms with E-state index in [2.05, 4.69) is 32.4 Å². The van der Waals surface area contributed by atoms with Gasteiger partial charge in [0.2, 0.25) is 0 Å². The molecule has 2 aromatic heterocycles. The minimum atomic E-state index is -4.47. The number of carbonyl (C=O) groups excluding carboxylic acids is 1. The van der Waals surface area contributed by atoms with Gasteiger partial charge in [0.15, 0.2) is 5.69 Å². The van der Waals surface area contributed by atoms with Gasteiger partial charge >= 0.3 is 12.8 Å². The van der Waals surface area contributed by atoms with Crippen LogP contribution in [0.25, 0.3) is 11.3 Å². The molecule has 2 heterocycles. The van der Waals surface area contributed by atoms with E-state index >= 15 is 0 Å². The van der Waals surface area contributed by atoms with Crippen molar-refractivity contribution in [3.63, 3.8) is 0 Å². The van der Waals surface area contributed by atoms with Crippen LogP contribution in [0.1, 0.15) is 63.9 Å². The van der Waals surface area contributed by atoms with Crippen molar-refractivity contribution in [3.8, 4) is 17.0 Å². The number of hydrogen-bond donors (Lipinski definition) is 3. The summed E-state index contributed by atoms with van der Waals surface area (Å²) in [5.41, 5.74) is -1.58. The molecule has 0 unspecified atom stereocenters. The summed E-state index contributed by atoms with van der Waals surface area (Å²) in [4.78, 5) is 17.0. The summed E-state index contributed by atoms with van der Waals surface area (Å²) < 4.78 is 71.4. The Labute approximate surface area is 228 Å². The lowest BCUT2D eigenvalue weighted by molar-refractivity contribution is -0.142. The number of aromatic nitrogens is 3. The summed E-state index contributed by atoms with van der Waals surface area (Å²) in [7, 11) is 0. The van der Waals surface area contributed by atoms with Gasteiger partial charge in [-0.1, -0.05) is 24.9 Å². The summed E-state index contributed by atoms with van der Waals surface area (Å²) >= 11 is 6.53. The zero-order valence-corrected chi connectivity index (χ0v) is 22.8. The molecule has 3 N–H and O–H groups in total. The minimum absolute atomic E-state index is 0.0235. The van der Waals surface area contributed by atoms with Crippen LogP contribution in [0, 0.1) is 11.8 Å². The van der Waals surface area contributed by atoms with Crippen molar-refractivity contribution >= 4 is 23.3 Å². The summed E-state index contributed by atoms with van der Waals surface area (Å²) in [5, 5.41) is 19.8. The monoisotopic (exact) mass is 581 g/mol. The van der Waals surface area contributed by atoms with Crippen molar-refractivity contribution in [3.05, 3.63) is 23.0 Å². The molecule has 218 valence electrons. The molecule has 0 spiro atoms. The lowest BCUT2D eigenvalue weighted by Gasteiger charge is -2.31. The summed E-state index contributed by atoms with van der Waals surface area (Å²) in [6.07, 6.45) is -2.74. The molecule has 1 fully saturated rings. The van der Waals surface area contributed by atoms with Crippen LogP contribution >= 0.6 is 11.6 Å². The minimum Gasteiger partial charge on any atom is -0.434 e. The van der Waals surface area contributed by atoms with E-state index in [-0.39, 0.29) is 46.8 Å². The number of carbonyl (C=O) groups is 1. The molecule has 0 aliphatic heterocycles. The molecule has 0 saturated heterocycles. The van der Waals surface area contributed by atoms with E-state index in [0.717, 1.165) is 25.1 Å². The standard InChI is InChI=1S/C25H33ClF5N5O3/c1-5-36-21(19(26)20(35-36)22(38)33-10-14-7-6-13(2)8-16(14)37)15-11-32-18(9-17(15)39-23(27)28)34-24(3,4)12-25(29,30)31/h9,11,13-14,16,23,37H,5-8,10,12H2,1-4H3,(H,32,34)(H,33,38)/t13-,14+,16-/m1/s1. The van der Waals surface area contributed by atoms with Crippen LogP contribution < -0.4 is 15.4 Å². The number of pyridine rings is 1. The van der Waals surface area contributed by atoms with Gasteiger partial charge in [-0.2, -0.15) is 27.1 Å². The van der Waals surface area contributed by atoms with Crippen molar-refractivity contribution < 1.29 is 36.6 Å². The smallest absolute Gasteiger partial charge is 0.391 e. The maximum atomic E-state index is 13.3. The molecular formula is C25H33ClF5N5O3. The Morgan fingerprint density at radius 3 is 2.59 bits per heavy atom. The van der Waals surface area contributed by atoms with Crippen molar-refractivity contribution in [1.29, 1.82) is 0 Å². The lowest BCUT2D eigenvalue weighted by Crippen LogP contribution is -2.38. The Kier molecular flexibility index (Phi) is 9.69. The fraction of sp³-hybridized carbons (Fsp3) is 0.640. The van der Waals surface area contributed by atoms with Crippen molar-refractivity contribution in [1.82, 2.24) is 20.1 Å². The number of nitrogens with one attached hydrogen (secondary N) is 2. The van der Waals surface area contributed by atoms with Gasteiger partial charge in [0.25, 0.3) is 5.91 Å². The highest BCUT2D eigenvalue weighted by Crippen LogP contribution is 2.39. The largest absolute Gasteiger partial charge is 0.434 e. The number of ether oxygens (including phenoxy) is 1. The predicted octanol–water partition coefficient (Wildman–Crippen LogP) is 5.89. The molecule has 0 aromatic carbocycles. The molecule has 0 radical (unpaired) electrons. The van der Waals surface area contributed by atoms with E-state index < -0.39 is 42.5 Å². The number of nitrogens with zero attached hydrogens (tertiary/aromatic N) is 3. The number of rotatable bonds is 10. The molecule has 3 atom stereocenters. The summed E-state index contributed by atoms with van der Waals surface area (Å²) in [5.74, 6) is -0.849. The van der Waals surface area contributed by atoms with Crippen LogP contribution in [0.15, 0.2) is 12.3 Å². The first-order valence-corrected chi connectivity index (χ1v) is 13.0. The van der Waals surface area contributed by atoms with E-state index in [1.807, 2.05) is 0 Å². The molecule has 39 heavy (non-hydrogen) atoms. The van der Waals surface area contributed by atoms with Gasteiger partial charge < -0.3 is 20.5 Å². The Morgan fingerprint density at radius 2 is 2.00 bits per heavy atom. The molecule has 3 rings (SSSR count). The van der Waals surface area contributed by atoms with Crippen LogP contribution in [-0.2, 0) is 6.54 Å². The second-order valence-corrected chi connectivity index (χ2v) is 10.9. The van der Waals surface area contributed by atoms with Crippen molar-refractivity contribution in [2.45, 2.75) is 84.4 Å². The highest BCUT2D eigenvalue weighted by Gasteiger charge is 2.37. The molecule has 1 saturated carbocycles. The van der Waals surface area contributed by atoms with Gasteiger partial charge in [0.1, 0.15) is 11.6 Å². The van der Waals surface area contributed by atoms with E-state index in [9.17, 15) is 31.9 Å². The molecular weight excluding hydrogens is 549 g/mol. The number of anilines is 1. The van der Waals surface area contributed by atoms with Crippen LogP contribution in [-0.4, -0.2) is 56.8 Å². The lowest BCUT2D eigenvalue weighted by atomic mass is 9.81. The number of alkyl halides is 5. The molecule has 14 heteroatoms. The van der Waals surface area contributed by atoms with Gasteiger partial charge in [0.05, 0.1) is 28.8 Å². The Hall–Kier alpha value is -2.67. The van der Waals surface area contributed by atoms with Crippen LogP contribution in [0.4, 0.5) is 27.8 Å². The summed E-state index contributed by atoms with van der Waals surface area (Å²) in [6, 6.07) is 1.05. The zero-order chi connectivity index (χ0) is 29.1. The third kappa shape index (κ3) is 8.17. The van der Waals surface area contributed by atoms with E-state index in [4.69, 9.17) is 11.6 Å². The topological polar surface area (TPSA) is 101 Å². The molecule has 2 aromatic rings. The predicted molar refractivity (Wildman–Crippen MR) is 136 cm³/mol. The van der Waals surface area contributed by atoms with Gasteiger partial charge in [-0.25, -0.2) is 4.98 Å². The average Bonchev–Trinajstić information content (AvgIpc) is 3.12. The van der Waals surface area contributed by atoms with Crippen LogP contribution in [0.5, 0.6) is 5.75 Å². The molecule has 0 bridgehead atoms. The summed E-state index contributed by atoms with van der Waals surface area (Å²) in [6.45, 7) is 3.51. The fourth-order valence-corrected chi connectivity index (χ4v) is 5.12. The van der Waals surface area contributed by atoms with Crippen LogP contribution in [0.2, 0.25) is 5.02 Å². The maximum absolute atomic E-state index is 13.3. The third-order valence-electron chi connectivity index (χ3n) is 6.60. The number of aliphatic hydroxyl groups excluding tert-OH is 1. The zero-order valence-electron chi connectivity index (χ0n) is 22.1. The van der Waals surface area contributed by atoms with E-state index in [0.29, 0.717) is 12.3 Å². The Morgan fingerprint density at radius 1 is 1.31 bits per heavy atom. The van der Waals surface area contributed by atoms with Crippen molar-refractivity contribution in [2.24, 2.45) is 11.8 Å². The first-order chi connectivity index (χ1) is 18.1. The van der Waals surface area contributed by atoms with E-state index in [1.54, 1.807) is 6.92 Å². The molecule has 1 amide bonds. The quantitative estimate of drug-likeness (QED) is 0.303. The van der Waals surface area contributed by atoms with Gasteiger partial charge in [-0.05, 0) is 39.5 Å². The van der Waals surface area contributed by atoms with Crippen molar-refractivity contribution in [2.75, 3.05) is 11.9 Å². The molecule has 1 aliphatic carbocycles. The second kappa shape index (κ2) is 12.2. The maximum Gasteiger partial charge on any atom is 0.391 e. The van der Waals surface area contributed by atoms with Gasteiger partial charge in [-0.15, -0.1) is 0 Å². The molecule has 1 aliphatic rings. The Balaban J connectivity index is 1.90. The highest BCUT2D eigenvalue weighted by molar-refractivity contribution is 6.36. The normalized spacial score (nSPS) is 20.3. The first kappa shape index (κ1) is 30.9. The number of hydrogen-bond acceptors (Lipinski definition) is 6. The molecule has 8 nitrogen and oxygen atoms in total. The number of aliphatic hydroxyl groups is 1.